The van der Waals surface area contributed by atoms with Gasteiger partial charge in [0.1, 0.15) is 29.3 Å². The van der Waals surface area contributed by atoms with Crippen molar-refractivity contribution in [3.05, 3.63) is 106 Å². The number of nitrogens with zero attached hydrogens (tertiary/aromatic N) is 1. The lowest BCUT2D eigenvalue weighted by Crippen LogP contribution is -2.42. The zero-order valence-corrected chi connectivity index (χ0v) is 22.2. The molecule has 1 heterocycles. The summed E-state index contributed by atoms with van der Waals surface area (Å²) in [6.07, 6.45) is -1.59. The third kappa shape index (κ3) is 6.65. The van der Waals surface area contributed by atoms with Crippen LogP contribution in [0.5, 0.6) is 0 Å². The molecular formula is C29H25ClFN3O6. The predicted octanol–water partition coefficient (Wildman–Crippen LogP) is 6.18. The molecule has 11 heteroatoms. The molecule has 0 aliphatic carbocycles. The molecule has 0 radical (unpaired) electrons. The molecule has 0 aliphatic rings. The Bertz CT molecular complexity index is 1540. The smallest absolute Gasteiger partial charge is 0.412 e. The summed E-state index contributed by atoms with van der Waals surface area (Å²) in [5.41, 5.74) is 2.16. The van der Waals surface area contributed by atoms with Crippen molar-refractivity contribution in [3.8, 4) is 11.3 Å². The van der Waals surface area contributed by atoms with Crippen LogP contribution in [0, 0.1) is 12.7 Å². The molecule has 3 N–H and O–H groups in total. The van der Waals surface area contributed by atoms with Crippen LogP contribution >= 0.6 is 11.6 Å². The number of ether oxygens (including phenoxy) is 1. The van der Waals surface area contributed by atoms with Crippen LogP contribution in [0.2, 0.25) is 5.02 Å². The highest BCUT2D eigenvalue weighted by molar-refractivity contribution is 6.31. The summed E-state index contributed by atoms with van der Waals surface area (Å²) in [6, 6.07) is 17.5. The Morgan fingerprint density at radius 1 is 1.05 bits per heavy atom. The highest BCUT2D eigenvalue weighted by atomic mass is 35.5. The van der Waals surface area contributed by atoms with Crippen molar-refractivity contribution >= 4 is 35.3 Å². The Morgan fingerprint density at radius 3 is 2.40 bits per heavy atom. The number of anilines is 1. The van der Waals surface area contributed by atoms with Crippen LogP contribution in [-0.4, -0.2) is 34.3 Å². The molecule has 1 aromatic heterocycles. The van der Waals surface area contributed by atoms with Gasteiger partial charge < -0.3 is 19.7 Å². The zero-order valence-electron chi connectivity index (χ0n) is 21.5. The van der Waals surface area contributed by atoms with E-state index in [4.69, 9.17) is 20.9 Å². The molecule has 206 valence electrons. The number of nitrogens with one attached hydrogen (secondary N) is 2. The number of hydrogen-bond acceptors (Lipinski definition) is 6. The SMILES string of the molecule is Cc1noc(-c2ccc(C(=O)NC(Cc3ccccc3F)C(=O)O)cc2)c1NC(=O)OC(C)c1ccccc1Cl. The van der Waals surface area contributed by atoms with Gasteiger partial charge in [-0.3, -0.25) is 10.1 Å². The van der Waals surface area contributed by atoms with Gasteiger partial charge in [0.15, 0.2) is 5.76 Å². The van der Waals surface area contributed by atoms with Crippen molar-refractivity contribution in [1.82, 2.24) is 10.5 Å². The standard InChI is InChI=1S/C29H25ClFN3O6/c1-16-25(33-29(38)39-17(2)21-8-4-5-9-22(21)30)26(40-34-16)18-11-13-19(14-12-18)27(35)32-24(28(36)37)15-20-7-3-6-10-23(20)31/h3-14,17,24H,15H2,1-2H3,(H,32,35)(H,33,38)(H,36,37). The van der Waals surface area contributed by atoms with E-state index in [0.29, 0.717) is 21.8 Å². The molecule has 2 atom stereocenters. The Labute approximate surface area is 233 Å². The second kappa shape index (κ2) is 12.4. The summed E-state index contributed by atoms with van der Waals surface area (Å²) in [5, 5.41) is 19.0. The average molecular weight is 566 g/mol. The van der Waals surface area contributed by atoms with E-state index in [-0.39, 0.29) is 29.0 Å². The van der Waals surface area contributed by atoms with E-state index < -0.39 is 35.9 Å². The van der Waals surface area contributed by atoms with Gasteiger partial charge in [-0.25, -0.2) is 14.0 Å². The number of carboxylic acids is 1. The number of halogens is 2. The van der Waals surface area contributed by atoms with E-state index in [2.05, 4.69) is 15.8 Å². The summed E-state index contributed by atoms with van der Waals surface area (Å²) in [6.45, 7) is 3.33. The highest BCUT2D eigenvalue weighted by Crippen LogP contribution is 2.32. The fourth-order valence-corrected chi connectivity index (χ4v) is 4.26. The van der Waals surface area contributed by atoms with Crippen molar-refractivity contribution in [1.29, 1.82) is 0 Å². The van der Waals surface area contributed by atoms with Crippen LogP contribution in [0.1, 0.15) is 40.2 Å². The number of amides is 2. The van der Waals surface area contributed by atoms with E-state index >= 15 is 0 Å². The van der Waals surface area contributed by atoms with E-state index in [1.807, 2.05) is 0 Å². The first kappa shape index (κ1) is 28.3. The van der Waals surface area contributed by atoms with E-state index in [9.17, 15) is 23.9 Å². The first-order chi connectivity index (χ1) is 19.1. The Hall–Kier alpha value is -4.70. The van der Waals surface area contributed by atoms with Crippen LogP contribution in [0.4, 0.5) is 14.9 Å². The second-order valence-electron chi connectivity index (χ2n) is 8.90. The van der Waals surface area contributed by atoms with Gasteiger partial charge in [0, 0.05) is 28.1 Å². The Morgan fingerprint density at radius 2 is 1.73 bits per heavy atom. The summed E-state index contributed by atoms with van der Waals surface area (Å²) in [7, 11) is 0. The topological polar surface area (TPSA) is 131 Å². The molecule has 0 spiro atoms. The van der Waals surface area contributed by atoms with Crippen LogP contribution in [0.25, 0.3) is 11.3 Å². The summed E-state index contributed by atoms with van der Waals surface area (Å²) in [5.74, 6) is -2.27. The Balaban J connectivity index is 1.44. The first-order valence-electron chi connectivity index (χ1n) is 12.2. The third-order valence-electron chi connectivity index (χ3n) is 6.11. The maximum Gasteiger partial charge on any atom is 0.412 e. The predicted molar refractivity (Wildman–Crippen MR) is 146 cm³/mol. The first-order valence-corrected chi connectivity index (χ1v) is 12.6. The number of carbonyl (C=O) groups excluding carboxylic acids is 2. The van der Waals surface area contributed by atoms with Crippen molar-refractivity contribution in [2.24, 2.45) is 0 Å². The lowest BCUT2D eigenvalue weighted by atomic mass is 10.0. The second-order valence-corrected chi connectivity index (χ2v) is 9.31. The molecule has 4 aromatic rings. The van der Waals surface area contributed by atoms with Crippen molar-refractivity contribution in [2.45, 2.75) is 32.4 Å². The maximum absolute atomic E-state index is 14.0. The summed E-state index contributed by atoms with van der Waals surface area (Å²) < 4.78 is 24.9. The number of aromatic nitrogens is 1. The van der Waals surface area contributed by atoms with Gasteiger partial charge in [0.2, 0.25) is 0 Å². The molecule has 3 aromatic carbocycles. The van der Waals surface area contributed by atoms with E-state index in [1.165, 1.54) is 30.3 Å². The minimum atomic E-state index is -1.34. The van der Waals surface area contributed by atoms with Gasteiger partial charge >= 0.3 is 12.1 Å². The summed E-state index contributed by atoms with van der Waals surface area (Å²) >= 11 is 6.19. The highest BCUT2D eigenvalue weighted by Gasteiger charge is 2.24. The van der Waals surface area contributed by atoms with Crippen molar-refractivity contribution < 1.29 is 33.1 Å². The van der Waals surface area contributed by atoms with Crippen LogP contribution in [-0.2, 0) is 16.0 Å². The fourth-order valence-electron chi connectivity index (χ4n) is 3.97. The van der Waals surface area contributed by atoms with Crippen LogP contribution < -0.4 is 10.6 Å². The number of aliphatic carboxylic acids is 1. The Kier molecular flexibility index (Phi) is 8.80. The average Bonchev–Trinajstić information content (AvgIpc) is 3.29. The van der Waals surface area contributed by atoms with Crippen molar-refractivity contribution in [2.75, 3.05) is 5.32 Å². The largest absolute Gasteiger partial charge is 0.480 e. The van der Waals surface area contributed by atoms with Gasteiger partial charge in [0.25, 0.3) is 5.91 Å². The number of carboxylic acid groups (broad SMARTS) is 1. The van der Waals surface area contributed by atoms with Gasteiger partial charge in [-0.2, -0.15) is 0 Å². The number of carbonyl (C=O) groups is 3. The van der Waals surface area contributed by atoms with Gasteiger partial charge in [-0.05, 0) is 43.7 Å². The number of rotatable bonds is 9. The van der Waals surface area contributed by atoms with Gasteiger partial charge in [0.05, 0.1) is 0 Å². The van der Waals surface area contributed by atoms with Crippen LogP contribution in [0.15, 0.2) is 77.3 Å². The molecule has 0 fully saturated rings. The maximum atomic E-state index is 14.0. The number of aryl methyl sites for hydroxylation is 1. The number of benzene rings is 3. The molecule has 2 amide bonds. The molecule has 40 heavy (non-hydrogen) atoms. The fraction of sp³-hybridized carbons (Fsp3) is 0.172. The molecule has 0 aliphatic heterocycles. The normalized spacial score (nSPS) is 12.3. The van der Waals surface area contributed by atoms with Gasteiger partial charge in [-0.1, -0.05) is 65.3 Å². The summed E-state index contributed by atoms with van der Waals surface area (Å²) in [4.78, 5) is 37.1. The molecule has 0 bridgehead atoms. The lowest BCUT2D eigenvalue weighted by Gasteiger charge is -2.16. The van der Waals surface area contributed by atoms with Gasteiger partial charge in [-0.15, -0.1) is 0 Å². The minimum absolute atomic E-state index is 0.169. The number of hydrogen-bond donors (Lipinski definition) is 3. The van der Waals surface area contributed by atoms with Crippen LogP contribution in [0.3, 0.4) is 0 Å². The van der Waals surface area contributed by atoms with E-state index in [0.717, 1.165) is 0 Å². The molecule has 4 rings (SSSR count). The third-order valence-corrected chi connectivity index (χ3v) is 6.46. The minimum Gasteiger partial charge on any atom is -0.480 e. The quantitative estimate of drug-likeness (QED) is 0.221. The molecular weight excluding hydrogens is 541 g/mol. The zero-order chi connectivity index (χ0) is 28.8. The monoisotopic (exact) mass is 565 g/mol. The molecule has 9 nitrogen and oxygen atoms in total. The molecule has 0 saturated heterocycles. The van der Waals surface area contributed by atoms with E-state index in [1.54, 1.807) is 56.3 Å². The molecule has 2 unspecified atom stereocenters. The molecule has 0 saturated carbocycles. The lowest BCUT2D eigenvalue weighted by molar-refractivity contribution is -0.139. The van der Waals surface area contributed by atoms with Crippen molar-refractivity contribution in [3.63, 3.8) is 0 Å².